The van der Waals surface area contributed by atoms with Crippen molar-refractivity contribution in [2.45, 2.75) is 17.7 Å². The van der Waals surface area contributed by atoms with Crippen molar-refractivity contribution in [1.29, 1.82) is 0 Å². The second-order valence-electron chi connectivity index (χ2n) is 6.40. The lowest BCUT2D eigenvalue weighted by molar-refractivity contribution is -0.125. The number of alkyl halides is 1. The highest BCUT2D eigenvalue weighted by atomic mass is 35.5. The Bertz CT molecular complexity index is 982. The van der Waals surface area contributed by atoms with Gasteiger partial charge in [0.2, 0.25) is 0 Å². The molecular formula is C18H17ClFN5O3S. The molecule has 3 heterocycles. The van der Waals surface area contributed by atoms with E-state index in [9.17, 15) is 14.0 Å². The largest absolute Gasteiger partial charge is 0.370 e. The lowest BCUT2D eigenvalue weighted by atomic mass is 10.2. The van der Waals surface area contributed by atoms with Crippen molar-refractivity contribution in [3.63, 3.8) is 0 Å². The van der Waals surface area contributed by atoms with Crippen LogP contribution in [-0.4, -0.2) is 51.3 Å². The summed E-state index contributed by atoms with van der Waals surface area (Å²) in [6, 6.07) is 4.47. The number of nitrogens with zero attached hydrogens (tertiary/aromatic N) is 4. The third-order valence-electron chi connectivity index (χ3n) is 4.41. The zero-order valence-corrected chi connectivity index (χ0v) is 16.7. The van der Waals surface area contributed by atoms with Crippen LogP contribution in [0.1, 0.15) is 12.1 Å². The molecule has 2 aromatic rings. The monoisotopic (exact) mass is 437 g/mol. The minimum absolute atomic E-state index is 0.0114. The molecule has 1 saturated heterocycles. The van der Waals surface area contributed by atoms with Crippen molar-refractivity contribution in [3.8, 4) is 5.69 Å². The predicted molar refractivity (Wildman–Crippen MR) is 106 cm³/mol. The maximum Gasteiger partial charge on any atom is 0.257 e. The summed E-state index contributed by atoms with van der Waals surface area (Å²) in [7, 11) is 0. The lowest BCUT2D eigenvalue weighted by Crippen LogP contribution is -2.41. The Kier molecular flexibility index (Phi) is 5.84. The van der Waals surface area contributed by atoms with E-state index in [4.69, 9.17) is 16.3 Å². The summed E-state index contributed by atoms with van der Waals surface area (Å²) in [6.45, 7) is 0.937. The number of hydrogen-bond acceptors (Lipinski definition) is 6. The molecule has 0 radical (unpaired) electrons. The van der Waals surface area contributed by atoms with E-state index < -0.39 is 5.82 Å². The molecule has 1 fully saturated rings. The number of amides is 2. The fourth-order valence-electron chi connectivity index (χ4n) is 2.98. The topological polar surface area (TPSA) is 89.4 Å². The first-order valence-corrected chi connectivity index (χ1v) is 10.2. The van der Waals surface area contributed by atoms with Gasteiger partial charge in [-0.05, 0) is 24.6 Å². The minimum atomic E-state index is -0.539. The molecule has 1 N–H and O–H groups in total. The van der Waals surface area contributed by atoms with Crippen LogP contribution in [0, 0.1) is 5.82 Å². The molecular weight excluding hydrogens is 421 g/mol. The van der Waals surface area contributed by atoms with E-state index in [1.165, 1.54) is 33.5 Å². The average Bonchev–Trinajstić information content (AvgIpc) is 3.35. The number of ether oxygens (including phenoxy) is 1. The normalized spacial score (nSPS) is 19.4. The first-order valence-electron chi connectivity index (χ1n) is 8.89. The lowest BCUT2D eigenvalue weighted by Gasteiger charge is -2.27. The van der Waals surface area contributed by atoms with Gasteiger partial charge >= 0.3 is 0 Å². The maximum absolute atomic E-state index is 14.6. The van der Waals surface area contributed by atoms with Crippen LogP contribution in [0.5, 0.6) is 0 Å². The van der Waals surface area contributed by atoms with Crippen LogP contribution < -0.4 is 10.2 Å². The standard InChI is InChI=1S/C18H17ClFN5O3S/c19-16-4-3-15(29-16)18(27)21-8-11-9-25(23-22-11)14-2-1-12(7-13(14)20)24-5-6-28-10-17(24)26/h1-3,7,9,16H,4-6,8,10H2,(H,21,27). The second kappa shape index (κ2) is 8.52. The number of hydrogen-bond donors (Lipinski definition) is 1. The number of morpholine rings is 1. The first-order chi connectivity index (χ1) is 14.0. The van der Waals surface area contributed by atoms with Gasteiger partial charge in [-0.3, -0.25) is 9.59 Å². The van der Waals surface area contributed by atoms with Crippen molar-refractivity contribution in [3.05, 3.63) is 46.9 Å². The molecule has 2 amide bonds. The minimum Gasteiger partial charge on any atom is -0.370 e. The van der Waals surface area contributed by atoms with Gasteiger partial charge in [0.05, 0.1) is 29.0 Å². The summed E-state index contributed by atoms with van der Waals surface area (Å²) in [6.07, 6.45) is 3.99. The van der Waals surface area contributed by atoms with E-state index >= 15 is 0 Å². The molecule has 11 heteroatoms. The quantitative estimate of drug-likeness (QED) is 0.719. The zero-order valence-electron chi connectivity index (χ0n) is 15.2. The molecule has 8 nitrogen and oxygen atoms in total. The number of halogens is 2. The zero-order chi connectivity index (χ0) is 20.4. The fourth-order valence-corrected chi connectivity index (χ4v) is 4.19. The summed E-state index contributed by atoms with van der Waals surface area (Å²) in [4.78, 5) is 26.1. The van der Waals surface area contributed by atoms with Gasteiger partial charge in [-0.15, -0.1) is 28.5 Å². The van der Waals surface area contributed by atoms with Gasteiger partial charge in [-0.2, -0.15) is 0 Å². The van der Waals surface area contributed by atoms with Crippen LogP contribution in [0.2, 0.25) is 0 Å². The number of carbonyl (C=O) groups excluding carboxylic acids is 2. The Balaban J connectivity index is 1.42. The molecule has 4 rings (SSSR count). The van der Waals surface area contributed by atoms with E-state index in [0.29, 0.717) is 35.9 Å². The Morgan fingerprint density at radius 3 is 3.03 bits per heavy atom. The maximum atomic E-state index is 14.6. The van der Waals surface area contributed by atoms with Crippen LogP contribution >= 0.6 is 23.4 Å². The summed E-state index contributed by atoms with van der Waals surface area (Å²) in [5.41, 5.74) is 1.14. The Morgan fingerprint density at radius 1 is 1.45 bits per heavy atom. The van der Waals surface area contributed by atoms with Crippen molar-refractivity contribution in [1.82, 2.24) is 20.3 Å². The molecule has 0 spiro atoms. The van der Waals surface area contributed by atoms with Gasteiger partial charge in [-0.25, -0.2) is 9.07 Å². The SMILES string of the molecule is O=C(NCc1cn(-c2ccc(N3CCOCC3=O)cc2F)nn1)C1=CCC(Cl)S1. The van der Waals surface area contributed by atoms with Gasteiger partial charge in [0.25, 0.3) is 11.8 Å². The van der Waals surface area contributed by atoms with Gasteiger partial charge in [0.15, 0.2) is 5.82 Å². The van der Waals surface area contributed by atoms with Gasteiger partial charge < -0.3 is 15.0 Å². The average molecular weight is 438 g/mol. The number of rotatable bonds is 5. The molecule has 1 unspecified atom stereocenters. The third-order valence-corrected chi connectivity index (χ3v) is 5.91. The molecule has 1 aromatic heterocycles. The first kappa shape index (κ1) is 19.9. The van der Waals surface area contributed by atoms with Crippen LogP contribution in [0.4, 0.5) is 10.1 Å². The van der Waals surface area contributed by atoms with E-state index in [2.05, 4.69) is 15.6 Å². The molecule has 152 valence electrons. The molecule has 1 aromatic carbocycles. The van der Waals surface area contributed by atoms with Crippen molar-refractivity contribution < 1.29 is 18.7 Å². The Hall–Kier alpha value is -2.43. The molecule has 0 aliphatic carbocycles. The summed E-state index contributed by atoms with van der Waals surface area (Å²) in [5, 5.41) is 10.6. The van der Waals surface area contributed by atoms with Crippen LogP contribution in [-0.2, 0) is 20.9 Å². The second-order valence-corrected chi connectivity index (χ2v) is 8.43. The van der Waals surface area contributed by atoms with Crippen molar-refractivity contribution >= 4 is 40.9 Å². The van der Waals surface area contributed by atoms with Gasteiger partial charge in [-0.1, -0.05) is 11.3 Å². The fraction of sp³-hybridized carbons (Fsp3) is 0.333. The molecule has 2 aliphatic heterocycles. The van der Waals surface area contributed by atoms with E-state index in [1.54, 1.807) is 18.3 Å². The summed E-state index contributed by atoms with van der Waals surface area (Å²) in [5.74, 6) is -0.973. The number of aromatic nitrogens is 3. The molecule has 0 saturated carbocycles. The predicted octanol–water partition coefficient (Wildman–Crippen LogP) is 1.97. The highest BCUT2D eigenvalue weighted by molar-refractivity contribution is 8.05. The van der Waals surface area contributed by atoms with Crippen LogP contribution in [0.3, 0.4) is 0 Å². The van der Waals surface area contributed by atoms with E-state index in [1.807, 2.05) is 0 Å². The highest BCUT2D eigenvalue weighted by Crippen LogP contribution is 2.34. The van der Waals surface area contributed by atoms with Crippen LogP contribution in [0.15, 0.2) is 35.4 Å². The number of anilines is 1. The summed E-state index contributed by atoms with van der Waals surface area (Å²) < 4.78 is 20.9. The smallest absolute Gasteiger partial charge is 0.257 e. The Labute approximate surface area is 175 Å². The van der Waals surface area contributed by atoms with E-state index in [-0.39, 0.29) is 35.4 Å². The molecule has 1 atom stereocenters. The van der Waals surface area contributed by atoms with Crippen molar-refractivity contribution in [2.24, 2.45) is 0 Å². The number of nitrogens with one attached hydrogen (secondary N) is 1. The number of benzene rings is 1. The van der Waals surface area contributed by atoms with Gasteiger partial charge in [0.1, 0.15) is 18.0 Å². The highest BCUT2D eigenvalue weighted by Gasteiger charge is 2.22. The molecule has 29 heavy (non-hydrogen) atoms. The third kappa shape index (κ3) is 4.44. The number of allylic oxidation sites excluding steroid dienone is 1. The molecule has 0 bridgehead atoms. The van der Waals surface area contributed by atoms with Crippen LogP contribution in [0.25, 0.3) is 5.69 Å². The number of thioether (sulfide) groups is 1. The van der Waals surface area contributed by atoms with E-state index in [0.717, 1.165) is 0 Å². The van der Waals surface area contributed by atoms with Gasteiger partial charge in [0, 0.05) is 12.2 Å². The number of carbonyl (C=O) groups is 2. The van der Waals surface area contributed by atoms with Crippen molar-refractivity contribution in [2.75, 3.05) is 24.7 Å². The molecule has 2 aliphatic rings. The Morgan fingerprint density at radius 2 is 2.31 bits per heavy atom. The summed E-state index contributed by atoms with van der Waals surface area (Å²) >= 11 is 7.28.